The van der Waals surface area contributed by atoms with E-state index in [1.807, 2.05) is 0 Å². The second-order valence-electron chi connectivity index (χ2n) is 3.00. The Hall–Kier alpha value is -0.950. The van der Waals surface area contributed by atoms with Crippen molar-refractivity contribution in [2.24, 2.45) is 0 Å². The number of carbonyl (C=O) groups is 1. The average molecular weight is 234 g/mol. The van der Waals surface area contributed by atoms with Crippen LogP contribution in [0.25, 0.3) is 0 Å². The summed E-state index contributed by atoms with van der Waals surface area (Å²) in [6.45, 7) is 2.91. The second-order valence-corrected chi connectivity index (χ2v) is 6.21. The standard InChI is InChI=1S/C7H10N2O3S2/c1-4(2)14(11,12)7(10)5-3-6(8)9-13-5/h3-4H,1-2H3,(H2,8,9). The molecule has 0 radical (unpaired) electrons. The van der Waals surface area contributed by atoms with Crippen LogP contribution in [0.15, 0.2) is 6.07 Å². The van der Waals surface area contributed by atoms with Gasteiger partial charge in [-0.3, -0.25) is 4.79 Å². The largest absolute Gasteiger partial charge is 0.383 e. The number of nitrogens with two attached hydrogens (primary N) is 1. The van der Waals surface area contributed by atoms with Crippen molar-refractivity contribution in [3.05, 3.63) is 10.9 Å². The Labute approximate surface area is 86.0 Å². The van der Waals surface area contributed by atoms with Gasteiger partial charge in [0.15, 0.2) is 0 Å². The molecule has 7 heteroatoms. The van der Waals surface area contributed by atoms with E-state index in [1.54, 1.807) is 0 Å². The fourth-order valence-electron chi connectivity index (χ4n) is 0.739. The zero-order valence-electron chi connectivity index (χ0n) is 7.72. The van der Waals surface area contributed by atoms with Crippen molar-refractivity contribution in [3.63, 3.8) is 0 Å². The van der Waals surface area contributed by atoms with Crippen LogP contribution in [0.4, 0.5) is 5.82 Å². The minimum Gasteiger partial charge on any atom is -0.383 e. The van der Waals surface area contributed by atoms with Crippen LogP contribution in [-0.4, -0.2) is 23.2 Å². The summed E-state index contributed by atoms with van der Waals surface area (Å²) in [5, 5.41) is -1.62. The first-order valence-electron chi connectivity index (χ1n) is 3.86. The Morgan fingerprint density at radius 2 is 2.14 bits per heavy atom. The van der Waals surface area contributed by atoms with Crippen LogP contribution in [-0.2, 0) is 9.84 Å². The van der Waals surface area contributed by atoms with Crippen LogP contribution < -0.4 is 5.73 Å². The van der Waals surface area contributed by atoms with Crippen LogP contribution in [0.1, 0.15) is 23.5 Å². The molecule has 1 heterocycles. The molecule has 0 saturated carbocycles. The number of hydrogen-bond donors (Lipinski definition) is 1. The van der Waals surface area contributed by atoms with Crippen molar-refractivity contribution in [3.8, 4) is 0 Å². The lowest BCUT2D eigenvalue weighted by molar-refractivity contribution is 0.107. The molecular formula is C7H10N2O3S2. The Morgan fingerprint density at radius 3 is 2.50 bits per heavy atom. The van der Waals surface area contributed by atoms with E-state index in [-0.39, 0.29) is 10.7 Å². The van der Waals surface area contributed by atoms with Gasteiger partial charge in [-0.2, -0.15) is 4.37 Å². The predicted molar refractivity (Wildman–Crippen MR) is 54.9 cm³/mol. The van der Waals surface area contributed by atoms with Crippen molar-refractivity contribution in [2.45, 2.75) is 19.1 Å². The van der Waals surface area contributed by atoms with Crippen LogP contribution >= 0.6 is 11.5 Å². The molecule has 0 aliphatic rings. The van der Waals surface area contributed by atoms with Crippen LogP contribution in [0.3, 0.4) is 0 Å². The molecule has 0 fully saturated rings. The number of aromatic nitrogens is 1. The molecule has 0 spiro atoms. The molecular weight excluding hydrogens is 224 g/mol. The minimum atomic E-state index is -3.74. The normalized spacial score (nSPS) is 11.9. The first-order chi connectivity index (χ1) is 6.35. The highest BCUT2D eigenvalue weighted by atomic mass is 32.2. The molecule has 0 aliphatic heterocycles. The summed E-state index contributed by atoms with van der Waals surface area (Å²) in [5.74, 6) is 0.164. The van der Waals surface area contributed by atoms with E-state index in [9.17, 15) is 13.2 Å². The molecule has 0 amide bonds. The van der Waals surface area contributed by atoms with E-state index in [2.05, 4.69) is 4.37 Å². The van der Waals surface area contributed by atoms with Gasteiger partial charge in [0, 0.05) is 6.07 Å². The number of carbonyl (C=O) groups excluding carboxylic acids is 1. The topological polar surface area (TPSA) is 90.1 Å². The highest BCUT2D eigenvalue weighted by molar-refractivity contribution is 8.07. The summed E-state index contributed by atoms with van der Waals surface area (Å²) in [7, 11) is -3.74. The molecule has 5 nitrogen and oxygen atoms in total. The van der Waals surface area contributed by atoms with Gasteiger partial charge in [0.2, 0.25) is 9.84 Å². The van der Waals surface area contributed by atoms with Crippen LogP contribution in [0, 0.1) is 0 Å². The third kappa shape index (κ3) is 1.93. The molecule has 0 atom stereocenters. The fraction of sp³-hybridized carbons (Fsp3) is 0.429. The maximum absolute atomic E-state index is 11.4. The van der Waals surface area contributed by atoms with Gasteiger partial charge in [0.25, 0.3) is 5.12 Å². The predicted octanol–water partition coefficient (Wildman–Crippen LogP) is 0.689. The Balaban J connectivity index is 3.09. The van der Waals surface area contributed by atoms with Crippen molar-refractivity contribution < 1.29 is 13.2 Å². The zero-order valence-corrected chi connectivity index (χ0v) is 9.35. The van der Waals surface area contributed by atoms with Gasteiger partial charge in [-0.05, 0) is 25.4 Å². The summed E-state index contributed by atoms with van der Waals surface area (Å²) in [6.07, 6.45) is 0. The highest BCUT2D eigenvalue weighted by Crippen LogP contribution is 2.17. The summed E-state index contributed by atoms with van der Waals surface area (Å²) >= 11 is 0.798. The van der Waals surface area contributed by atoms with E-state index in [0.29, 0.717) is 0 Å². The minimum absolute atomic E-state index is 0.0659. The highest BCUT2D eigenvalue weighted by Gasteiger charge is 2.29. The molecule has 2 N–H and O–H groups in total. The van der Waals surface area contributed by atoms with E-state index >= 15 is 0 Å². The summed E-state index contributed by atoms with van der Waals surface area (Å²) in [6, 6.07) is 1.27. The number of nitrogen functional groups attached to an aromatic ring is 1. The van der Waals surface area contributed by atoms with E-state index in [4.69, 9.17) is 5.73 Å². The lowest BCUT2D eigenvalue weighted by atomic mass is 10.5. The zero-order chi connectivity index (χ0) is 10.9. The van der Waals surface area contributed by atoms with Gasteiger partial charge in [-0.15, -0.1) is 0 Å². The molecule has 0 aliphatic carbocycles. The molecule has 0 aromatic carbocycles. The average Bonchev–Trinajstić information content (AvgIpc) is 2.50. The number of hydrogen-bond acceptors (Lipinski definition) is 6. The maximum atomic E-state index is 11.4. The monoisotopic (exact) mass is 234 g/mol. The Kier molecular flexibility index (Phi) is 2.91. The first-order valence-corrected chi connectivity index (χ1v) is 6.18. The fourth-order valence-corrected chi connectivity index (χ4v) is 2.47. The summed E-state index contributed by atoms with van der Waals surface area (Å²) in [4.78, 5) is 11.5. The maximum Gasteiger partial charge on any atom is 0.288 e. The Bertz CT molecular complexity index is 447. The van der Waals surface area contributed by atoms with Gasteiger partial charge in [-0.25, -0.2) is 8.42 Å². The summed E-state index contributed by atoms with van der Waals surface area (Å²) in [5.41, 5.74) is 5.29. The van der Waals surface area contributed by atoms with Gasteiger partial charge < -0.3 is 5.73 Å². The molecule has 0 saturated heterocycles. The van der Waals surface area contributed by atoms with Crippen molar-refractivity contribution in [2.75, 3.05) is 5.73 Å². The Morgan fingerprint density at radius 1 is 1.57 bits per heavy atom. The molecule has 1 aromatic rings. The molecule has 0 unspecified atom stereocenters. The lowest BCUT2D eigenvalue weighted by Gasteiger charge is -2.03. The van der Waals surface area contributed by atoms with Crippen molar-refractivity contribution >= 4 is 32.3 Å². The smallest absolute Gasteiger partial charge is 0.288 e. The van der Waals surface area contributed by atoms with E-state index < -0.39 is 20.2 Å². The van der Waals surface area contributed by atoms with E-state index in [0.717, 1.165) is 11.5 Å². The van der Waals surface area contributed by atoms with Gasteiger partial charge in [0.1, 0.15) is 10.7 Å². The third-order valence-corrected chi connectivity index (χ3v) is 4.52. The SMILES string of the molecule is CC(C)S(=O)(=O)C(=O)c1cc(N)ns1. The van der Waals surface area contributed by atoms with Crippen molar-refractivity contribution in [1.82, 2.24) is 4.37 Å². The third-order valence-electron chi connectivity index (χ3n) is 1.61. The molecule has 1 rings (SSSR count). The van der Waals surface area contributed by atoms with Gasteiger partial charge >= 0.3 is 0 Å². The van der Waals surface area contributed by atoms with Gasteiger partial charge in [-0.1, -0.05) is 0 Å². The second kappa shape index (κ2) is 3.66. The lowest BCUT2D eigenvalue weighted by Crippen LogP contribution is -2.23. The quantitative estimate of drug-likeness (QED) is 0.813. The van der Waals surface area contributed by atoms with Crippen LogP contribution in [0.2, 0.25) is 0 Å². The number of sulfone groups is 1. The number of rotatable bonds is 2. The van der Waals surface area contributed by atoms with E-state index in [1.165, 1.54) is 19.9 Å². The molecule has 78 valence electrons. The number of nitrogens with zero attached hydrogens (tertiary/aromatic N) is 1. The molecule has 0 bridgehead atoms. The first kappa shape index (κ1) is 11.1. The van der Waals surface area contributed by atoms with Crippen LogP contribution in [0.5, 0.6) is 0 Å². The number of anilines is 1. The molecule has 14 heavy (non-hydrogen) atoms. The molecule has 1 aromatic heterocycles. The van der Waals surface area contributed by atoms with Crippen molar-refractivity contribution in [1.29, 1.82) is 0 Å². The summed E-state index contributed by atoms with van der Waals surface area (Å²) < 4.78 is 26.5. The van der Waals surface area contributed by atoms with Gasteiger partial charge in [0.05, 0.1) is 5.25 Å².